The summed E-state index contributed by atoms with van der Waals surface area (Å²) >= 11 is 9.70. The van der Waals surface area contributed by atoms with Crippen molar-refractivity contribution in [2.45, 2.75) is 72.6 Å². The monoisotopic (exact) mass is 693 g/mol. The maximum absolute atomic E-state index is 9.93. The van der Waals surface area contributed by atoms with Crippen LogP contribution in [0.15, 0.2) is 80.7 Å². The zero-order valence-corrected chi connectivity index (χ0v) is 26.5. The molecule has 0 atom stereocenters. The first-order chi connectivity index (χ1) is 15.9. The number of hydrogen-bond donors (Lipinski definition) is 0. The van der Waals surface area contributed by atoms with E-state index in [2.05, 4.69) is 55.4 Å². The van der Waals surface area contributed by atoms with Crippen LogP contribution in [0.4, 0.5) is 0 Å². The van der Waals surface area contributed by atoms with Gasteiger partial charge in [-0.1, -0.05) is 31.7 Å². The number of benzene rings is 1. The summed E-state index contributed by atoms with van der Waals surface area (Å²) in [5.41, 5.74) is 5.15. The molecule has 1 aromatic rings. The minimum atomic E-state index is 0. The van der Waals surface area contributed by atoms with Crippen LogP contribution in [0.3, 0.4) is 0 Å². The van der Waals surface area contributed by atoms with E-state index in [0.29, 0.717) is 35.1 Å². The Bertz CT molecular complexity index is 849. The molecule has 0 aromatic heterocycles. The molecule has 197 valence electrons. The second-order valence-electron chi connectivity index (χ2n) is 9.64. The third kappa shape index (κ3) is 11.2. The van der Waals surface area contributed by atoms with E-state index < -0.39 is 0 Å². The summed E-state index contributed by atoms with van der Waals surface area (Å²) in [5.74, 6) is 1.55. The Balaban J connectivity index is 0. The molecule has 0 saturated carbocycles. The van der Waals surface area contributed by atoms with Crippen LogP contribution in [0.25, 0.3) is 10.8 Å². The topological polar surface area (TPSA) is 44.6 Å². The molecule has 0 unspecified atom stereocenters. The minimum absolute atomic E-state index is 0. The molecule has 1 aromatic carbocycles. The van der Waals surface area contributed by atoms with Gasteiger partial charge >= 0.3 is 0 Å². The van der Waals surface area contributed by atoms with Crippen LogP contribution in [-0.2, 0) is 45.7 Å². The fraction of sp³-hybridized carbons (Fsp3) is 0.419. The molecule has 0 saturated heterocycles. The van der Waals surface area contributed by atoms with E-state index in [1.165, 1.54) is 0 Å². The third-order valence-electron chi connectivity index (χ3n) is 5.53. The van der Waals surface area contributed by atoms with Crippen molar-refractivity contribution in [1.29, 1.82) is 0 Å². The number of rotatable bonds is 4. The van der Waals surface area contributed by atoms with Crippen molar-refractivity contribution in [3.05, 3.63) is 94.5 Å². The van der Waals surface area contributed by atoms with Crippen LogP contribution < -0.4 is 0 Å². The molecule has 5 heteroatoms. The minimum Gasteiger partial charge on any atom is -0.781 e. The molecule has 0 bridgehead atoms. The van der Waals surface area contributed by atoms with Crippen molar-refractivity contribution in [3.8, 4) is 0 Å². The first-order valence-corrected chi connectivity index (χ1v) is 12.8. The van der Waals surface area contributed by atoms with Crippen molar-refractivity contribution in [3.63, 3.8) is 0 Å². The summed E-state index contributed by atoms with van der Waals surface area (Å²) in [6, 6.07) is 7.44. The van der Waals surface area contributed by atoms with E-state index in [0.717, 1.165) is 32.1 Å². The molecule has 0 N–H and O–H groups in total. The number of allylic oxidation sites excluding steroid dienone is 8. The molecule has 2 aliphatic carbocycles. The Kier molecular flexibility index (Phi) is 18.0. The van der Waals surface area contributed by atoms with Gasteiger partial charge in [-0.2, -0.15) is 9.79 Å². The van der Waals surface area contributed by atoms with Crippen molar-refractivity contribution < 1.29 is 20.4 Å². The molecule has 2 aliphatic rings. The predicted molar refractivity (Wildman–Crippen MR) is 161 cm³/mol. The van der Waals surface area contributed by atoms with Crippen LogP contribution >= 0.6 is 0 Å². The molecule has 2 nitrogen and oxygen atoms in total. The van der Waals surface area contributed by atoms with Crippen molar-refractivity contribution >= 4 is 36.7 Å². The van der Waals surface area contributed by atoms with E-state index in [1.54, 1.807) is 0 Å². The first-order valence-electron chi connectivity index (χ1n) is 11.9. The molecule has 3 rings (SSSR count). The Morgan fingerprint density at radius 3 is 0.944 bits per heavy atom. The zero-order valence-electron chi connectivity index (χ0n) is 22.2. The van der Waals surface area contributed by atoms with Gasteiger partial charge in [0.2, 0.25) is 0 Å². The van der Waals surface area contributed by atoms with E-state index in [4.69, 9.17) is 25.3 Å². The molecule has 0 spiro atoms. The Morgan fingerprint density at radius 2 is 0.778 bits per heavy atom. The normalized spacial score (nSPS) is 14.4. The van der Waals surface area contributed by atoms with Gasteiger partial charge < -0.3 is 36.1 Å². The van der Waals surface area contributed by atoms with Crippen LogP contribution in [0.2, 0.25) is 0 Å². The molecule has 0 amide bonds. The van der Waals surface area contributed by atoms with Crippen LogP contribution in [0.1, 0.15) is 62.8 Å². The van der Waals surface area contributed by atoms with Crippen molar-refractivity contribution in [2.24, 2.45) is 23.7 Å². The third-order valence-corrected chi connectivity index (χ3v) is 6.38. The van der Waals surface area contributed by atoms with E-state index in [-0.39, 0.29) is 27.8 Å². The largest absolute Gasteiger partial charge is 0.781 e. The van der Waals surface area contributed by atoms with Gasteiger partial charge in [0.15, 0.2) is 0 Å². The average molecular weight is 693 g/mol. The van der Waals surface area contributed by atoms with Gasteiger partial charge in [0.25, 0.3) is 0 Å². The maximum atomic E-state index is 9.93. The molecular formula is C31H42N2ReS2-2. The second-order valence-corrected chi connectivity index (χ2v) is 10.5. The fourth-order valence-corrected chi connectivity index (χ4v) is 3.77. The summed E-state index contributed by atoms with van der Waals surface area (Å²) in [7, 11) is 0. The van der Waals surface area contributed by atoms with E-state index >= 15 is 0 Å². The van der Waals surface area contributed by atoms with E-state index in [1.807, 2.05) is 61.4 Å². The van der Waals surface area contributed by atoms with Crippen molar-refractivity contribution in [1.82, 2.24) is 0 Å². The van der Waals surface area contributed by atoms with Gasteiger partial charge in [0.05, 0.1) is 0 Å². The summed E-state index contributed by atoms with van der Waals surface area (Å²) in [4.78, 5) is 1.53. The Labute approximate surface area is 246 Å². The van der Waals surface area contributed by atoms with Crippen LogP contribution in [0, 0.1) is 36.5 Å². The molecule has 1 radical (unpaired) electrons. The van der Waals surface area contributed by atoms with Crippen LogP contribution in [0.5, 0.6) is 0 Å². The second kappa shape index (κ2) is 17.8. The SMILES string of the molecule is C.CC(C)C1=C[CH+]C=C(C(C)C)C1=[N-].CC(C)C1=C[CH+]C=C(C(C)C)C1=[N-].[Re].[S-]c1ccccc1[S-]. The summed E-state index contributed by atoms with van der Waals surface area (Å²) in [6.45, 7) is 16.8. The molecule has 0 heterocycles. The quantitative estimate of drug-likeness (QED) is 0.234. The standard InChI is InChI=1S/2C12H17N.C6H6S2.CH4.Re/c2*1-8(2)10-6-5-7-11(9(3)4)12(10)13;7-5-3-1-2-4-6(5)8;;/h2*5-9H,1-4H3;1-4,7-8H;1H4;/p-2. The van der Waals surface area contributed by atoms with Crippen LogP contribution in [-0.4, -0.2) is 11.4 Å². The average Bonchev–Trinajstić information content (AvgIpc) is 2.76. The smallest absolute Gasteiger partial charge is 0.0498 e. The van der Waals surface area contributed by atoms with Gasteiger partial charge in [-0.05, 0) is 66.8 Å². The first kappa shape index (κ1) is 36.5. The molecular weight excluding hydrogens is 651 g/mol. The molecule has 36 heavy (non-hydrogen) atoms. The van der Waals surface area contributed by atoms with Gasteiger partial charge in [-0.15, -0.1) is 0 Å². The maximum Gasteiger partial charge on any atom is 0.0498 e. The summed E-state index contributed by atoms with van der Waals surface area (Å²) < 4.78 is 0. The Hall–Kier alpha value is -1.64. The zero-order chi connectivity index (χ0) is 26.0. The Morgan fingerprint density at radius 1 is 0.556 bits per heavy atom. The fourth-order valence-electron chi connectivity index (χ4n) is 3.47. The van der Waals surface area contributed by atoms with E-state index in [9.17, 15) is 10.8 Å². The molecule has 0 aliphatic heterocycles. The van der Waals surface area contributed by atoms with Gasteiger partial charge in [0, 0.05) is 104 Å². The molecule has 0 fully saturated rings. The van der Waals surface area contributed by atoms with Gasteiger partial charge in [-0.25, -0.2) is 0 Å². The van der Waals surface area contributed by atoms with Gasteiger partial charge in [-0.3, -0.25) is 0 Å². The summed E-state index contributed by atoms with van der Waals surface area (Å²) in [5, 5.41) is 19.9. The predicted octanol–water partition coefficient (Wildman–Crippen LogP) is 8.89. The van der Waals surface area contributed by atoms with Gasteiger partial charge in [0.1, 0.15) is 0 Å². The number of hydrogen-bond acceptors (Lipinski definition) is 2. The number of nitrogens with zero attached hydrogens (tertiary/aromatic N) is 2. The summed E-state index contributed by atoms with van der Waals surface area (Å²) in [6.07, 6.45) is 12.0. The van der Waals surface area contributed by atoms with Crippen molar-refractivity contribution in [2.75, 3.05) is 0 Å².